The van der Waals surface area contributed by atoms with Gasteiger partial charge in [0.15, 0.2) is 6.61 Å². The fraction of sp³-hybridized carbons (Fsp3) is 0.250. The smallest absolute Gasteiger partial charge is 0.308 e. The highest BCUT2D eigenvalue weighted by atomic mass is 79.9. The second-order valence-electron chi connectivity index (χ2n) is 5.24. The molecule has 0 bridgehead atoms. The van der Waals surface area contributed by atoms with Crippen LogP contribution in [0.15, 0.2) is 37.8 Å². The van der Waals surface area contributed by atoms with Gasteiger partial charge in [-0.25, -0.2) is 0 Å². The van der Waals surface area contributed by atoms with E-state index in [1.165, 1.54) is 29.6 Å². The number of ether oxygens (including phenoxy) is 1. The molecular weight excluding hydrogens is 442 g/mol. The Morgan fingerprint density at radius 2 is 2.19 bits per heavy atom. The standard InChI is InChI=1S/C16H14BrN3O4S2/c1-9(21)18-10(11-3-2-6-25-11)7-15(22)23-8-14-19-20-16(24-14)12-4-5-13(17)26-12/h2-6,10H,7-8H2,1H3,(H,18,21). The molecule has 0 radical (unpaired) electrons. The number of esters is 1. The molecule has 0 aliphatic rings. The molecule has 1 amide bonds. The second-order valence-corrected chi connectivity index (χ2v) is 8.68. The van der Waals surface area contributed by atoms with Crippen LogP contribution in [0.4, 0.5) is 0 Å². The summed E-state index contributed by atoms with van der Waals surface area (Å²) < 4.78 is 11.7. The van der Waals surface area contributed by atoms with E-state index >= 15 is 0 Å². The summed E-state index contributed by atoms with van der Waals surface area (Å²) in [6.45, 7) is 1.30. The number of nitrogens with one attached hydrogen (secondary N) is 1. The predicted octanol–water partition coefficient (Wildman–Crippen LogP) is 3.93. The highest BCUT2D eigenvalue weighted by Crippen LogP contribution is 2.30. The van der Waals surface area contributed by atoms with E-state index in [-0.39, 0.29) is 24.8 Å². The van der Waals surface area contributed by atoms with E-state index in [1.54, 1.807) is 0 Å². The van der Waals surface area contributed by atoms with Crippen LogP contribution in [0.1, 0.15) is 30.2 Å². The summed E-state index contributed by atoms with van der Waals surface area (Å²) in [6, 6.07) is 7.06. The van der Waals surface area contributed by atoms with Crippen LogP contribution in [-0.2, 0) is 20.9 Å². The fourth-order valence-corrected chi connectivity index (χ4v) is 4.25. The minimum atomic E-state index is -0.462. The summed E-state index contributed by atoms with van der Waals surface area (Å²) in [7, 11) is 0. The molecule has 26 heavy (non-hydrogen) atoms. The Labute approximate surface area is 165 Å². The van der Waals surface area contributed by atoms with Gasteiger partial charge in [0.05, 0.1) is 21.1 Å². The zero-order valence-corrected chi connectivity index (χ0v) is 16.8. The zero-order valence-electron chi connectivity index (χ0n) is 13.6. The molecule has 0 aliphatic heterocycles. The molecule has 0 saturated carbocycles. The summed E-state index contributed by atoms with van der Waals surface area (Å²) in [5, 5.41) is 12.5. The number of hydrogen-bond acceptors (Lipinski definition) is 8. The van der Waals surface area contributed by atoms with Crippen molar-refractivity contribution in [2.24, 2.45) is 0 Å². The molecule has 3 aromatic rings. The molecule has 0 spiro atoms. The average molecular weight is 456 g/mol. The topological polar surface area (TPSA) is 94.3 Å². The van der Waals surface area contributed by atoms with Gasteiger partial charge in [-0.1, -0.05) is 6.07 Å². The SMILES string of the molecule is CC(=O)NC(CC(=O)OCc1nnc(-c2ccc(Br)s2)o1)c1cccs1. The average Bonchev–Trinajstić information content (AvgIpc) is 3.33. The highest BCUT2D eigenvalue weighted by molar-refractivity contribution is 9.11. The van der Waals surface area contributed by atoms with Crippen molar-refractivity contribution < 1.29 is 18.7 Å². The number of carbonyl (C=O) groups is 2. The third-order valence-corrected chi connectivity index (χ3v) is 5.84. The van der Waals surface area contributed by atoms with Crippen LogP contribution in [-0.4, -0.2) is 22.1 Å². The first-order valence-corrected chi connectivity index (χ1v) is 10.0. The Kier molecular flexibility index (Phi) is 6.17. The van der Waals surface area contributed by atoms with Crippen molar-refractivity contribution in [1.29, 1.82) is 0 Å². The van der Waals surface area contributed by atoms with E-state index in [4.69, 9.17) is 9.15 Å². The quantitative estimate of drug-likeness (QED) is 0.542. The highest BCUT2D eigenvalue weighted by Gasteiger charge is 2.20. The largest absolute Gasteiger partial charge is 0.456 e. The van der Waals surface area contributed by atoms with Crippen molar-refractivity contribution in [3.8, 4) is 10.8 Å². The van der Waals surface area contributed by atoms with Gasteiger partial charge in [0.2, 0.25) is 5.91 Å². The zero-order chi connectivity index (χ0) is 18.5. The van der Waals surface area contributed by atoms with Gasteiger partial charge in [0.25, 0.3) is 11.8 Å². The van der Waals surface area contributed by atoms with E-state index in [1.807, 2.05) is 29.6 Å². The molecule has 1 N–H and O–H groups in total. The van der Waals surface area contributed by atoms with Gasteiger partial charge in [0, 0.05) is 11.8 Å². The maximum Gasteiger partial charge on any atom is 0.308 e. The molecular formula is C16H14BrN3O4S2. The van der Waals surface area contributed by atoms with Crippen LogP contribution in [0.3, 0.4) is 0 Å². The molecule has 1 atom stereocenters. The minimum Gasteiger partial charge on any atom is -0.456 e. The number of hydrogen-bond donors (Lipinski definition) is 1. The molecule has 1 unspecified atom stereocenters. The van der Waals surface area contributed by atoms with Gasteiger partial charge in [0.1, 0.15) is 0 Å². The van der Waals surface area contributed by atoms with Crippen LogP contribution in [0.25, 0.3) is 10.8 Å². The Balaban J connectivity index is 1.56. The van der Waals surface area contributed by atoms with E-state index in [0.717, 1.165) is 13.5 Å². The number of nitrogens with zero attached hydrogens (tertiary/aromatic N) is 2. The van der Waals surface area contributed by atoms with Gasteiger partial charge in [-0.3, -0.25) is 9.59 Å². The van der Waals surface area contributed by atoms with Crippen LogP contribution in [0, 0.1) is 0 Å². The molecule has 0 aliphatic carbocycles. The minimum absolute atomic E-state index is 0.0267. The normalized spacial score (nSPS) is 11.9. The first kappa shape index (κ1) is 18.7. The monoisotopic (exact) mass is 455 g/mol. The Hall–Kier alpha value is -2.04. The summed E-state index contributed by atoms with van der Waals surface area (Å²) in [5.74, 6) is -0.0813. The molecule has 0 saturated heterocycles. The molecule has 136 valence electrons. The Morgan fingerprint density at radius 1 is 1.35 bits per heavy atom. The molecule has 10 heteroatoms. The summed E-state index contributed by atoms with van der Waals surface area (Å²) >= 11 is 6.30. The molecule has 3 heterocycles. The van der Waals surface area contributed by atoms with Crippen LogP contribution < -0.4 is 5.32 Å². The summed E-state index contributed by atoms with van der Waals surface area (Å²) in [5.41, 5.74) is 0. The van der Waals surface area contributed by atoms with Gasteiger partial charge < -0.3 is 14.5 Å². The van der Waals surface area contributed by atoms with E-state index < -0.39 is 12.0 Å². The van der Waals surface area contributed by atoms with Crippen molar-refractivity contribution in [3.05, 3.63) is 44.2 Å². The van der Waals surface area contributed by atoms with E-state index in [2.05, 4.69) is 31.4 Å². The van der Waals surface area contributed by atoms with Gasteiger partial charge in [-0.2, -0.15) is 0 Å². The molecule has 3 rings (SSSR count). The maximum absolute atomic E-state index is 12.1. The number of thiophene rings is 2. The van der Waals surface area contributed by atoms with Crippen LogP contribution in [0.5, 0.6) is 0 Å². The van der Waals surface area contributed by atoms with Crippen LogP contribution in [0.2, 0.25) is 0 Å². The fourth-order valence-electron chi connectivity index (χ4n) is 2.17. The first-order valence-electron chi connectivity index (χ1n) is 7.55. The van der Waals surface area contributed by atoms with Gasteiger partial charge in [-0.15, -0.1) is 32.9 Å². The molecule has 3 aromatic heterocycles. The number of rotatable bonds is 7. The van der Waals surface area contributed by atoms with Crippen molar-refractivity contribution in [3.63, 3.8) is 0 Å². The number of aromatic nitrogens is 2. The van der Waals surface area contributed by atoms with Crippen molar-refractivity contribution in [2.45, 2.75) is 26.0 Å². The van der Waals surface area contributed by atoms with Crippen LogP contribution >= 0.6 is 38.6 Å². The molecule has 0 fully saturated rings. The number of halogens is 1. The summed E-state index contributed by atoms with van der Waals surface area (Å²) in [4.78, 5) is 25.2. The Bertz CT molecular complexity index is 891. The predicted molar refractivity (Wildman–Crippen MR) is 101 cm³/mol. The lowest BCUT2D eigenvalue weighted by Crippen LogP contribution is -2.28. The third kappa shape index (κ3) is 4.99. The lowest BCUT2D eigenvalue weighted by Gasteiger charge is -2.15. The second kappa shape index (κ2) is 8.56. The van der Waals surface area contributed by atoms with Gasteiger partial charge >= 0.3 is 5.97 Å². The number of carbonyl (C=O) groups excluding carboxylic acids is 2. The van der Waals surface area contributed by atoms with E-state index in [9.17, 15) is 9.59 Å². The first-order chi connectivity index (χ1) is 12.5. The van der Waals surface area contributed by atoms with Gasteiger partial charge in [-0.05, 0) is 39.5 Å². The third-order valence-electron chi connectivity index (χ3n) is 3.24. The lowest BCUT2D eigenvalue weighted by molar-refractivity contribution is -0.146. The lowest BCUT2D eigenvalue weighted by atomic mass is 10.1. The molecule has 7 nitrogen and oxygen atoms in total. The Morgan fingerprint density at radius 3 is 2.85 bits per heavy atom. The van der Waals surface area contributed by atoms with Crippen molar-refractivity contribution >= 4 is 50.5 Å². The van der Waals surface area contributed by atoms with E-state index in [0.29, 0.717) is 5.89 Å². The summed E-state index contributed by atoms with van der Waals surface area (Å²) in [6.07, 6.45) is 0.0267. The van der Waals surface area contributed by atoms with Crippen molar-refractivity contribution in [2.75, 3.05) is 0 Å². The molecule has 0 aromatic carbocycles. The van der Waals surface area contributed by atoms with Crippen molar-refractivity contribution in [1.82, 2.24) is 15.5 Å². The maximum atomic E-state index is 12.1. The number of amides is 1.